The van der Waals surface area contributed by atoms with Crippen molar-refractivity contribution in [1.29, 1.82) is 0 Å². The van der Waals surface area contributed by atoms with E-state index in [0.29, 0.717) is 0 Å². The van der Waals surface area contributed by atoms with Gasteiger partial charge in [0.15, 0.2) is 5.76 Å². The van der Waals surface area contributed by atoms with Crippen LogP contribution in [0.4, 0.5) is 5.69 Å². The normalized spacial score (nSPS) is 11.9. The first-order chi connectivity index (χ1) is 9.08. The maximum atomic E-state index is 5.89. The topological polar surface area (TPSA) is 34.7 Å². The summed E-state index contributed by atoms with van der Waals surface area (Å²) in [5, 5.41) is 0. The molecule has 1 aromatic carbocycles. The van der Waals surface area contributed by atoms with Gasteiger partial charge in [-0.05, 0) is 50.7 Å². The van der Waals surface area contributed by atoms with Gasteiger partial charge in [0, 0.05) is 0 Å². The zero-order valence-corrected chi connectivity index (χ0v) is 13.0. The number of aliphatic imine (C=N–C) groups is 1. The number of nitrogens with zero attached hydrogens (tertiary/aromatic N) is 1. The Hall–Kier alpha value is -1.81. The average molecular weight is 273 g/mol. The van der Waals surface area contributed by atoms with E-state index in [-0.39, 0.29) is 0 Å². The Morgan fingerprint density at radius 3 is 2.58 bits per heavy atom. The summed E-state index contributed by atoms with van der Waals surface area (Å²) in [6, 6.07) is 9.81. The molecule has 19 heavy (non-hydrogen) atoms. The molecular formula is C15H19NO2Si. The molecule has 0 aliphatic heterocycles. The van der Waals surface area contributed by atoms with Crippen LogP contribution in [-0.4, -0.2) is 14.8 Å². The van der Waals surface area contributed by atoms with Crippen molar-refractivity contribution in [2.45, 2.75) is 26.9 Å². The molecule has 0 fully saturated rings. The zero-order valence-electron chi connectivity index (χ0n) is 11.8. The fourth-order valence-electron chi connectivity index (χ4n) is 1.88. The van der Waals surface area contributed by atoms with Gasteiger partial charge < -0.3 is 8.84 Å². The average Bonchev–Trinajstić information content (AvgIpc) is 2.77. The number of hydrogen-bond donors (Lipinski definition) is 0. The molecule has 0 unspecified atom stereocenters. The molecule has 2 rings (SSSR count). The summed E-state index contributed by atoms with van der Waals surface area (Å²) in [5.74, 6) is 1.68. The van der Waals surface area contributed by atoms with Crippen molar-refractivity contribution in [3.05, 3.63) is 47.9 Å². The Morgan fingerprint density at radius 2 is 1.95 bits per heavy atom. The van der Waals surface area contributed by atoms with Gasteiger partial charge >= 0.3 is 0 Å². The minimum Gasteiger partial charge on any atom is -0.546 e. The molecule has 0 aliphatic rings. The van der Waals surface area contributed by atoms with E-state index in [0.717, 1.165) is 28.5 Å². The summed E-state index contributed by atoms with van der Waals surface area (Å²) in [4.78, 5) is 4.64. The van der Waals surface area contributed by atoms with E-state index in [4.69, 9.17) is 8.84 Å². The molecule has 0 radical (unpaired) electrons. The molecule has 0 bridgehead atoms. The van der Waals surface area contributed by atoms with E-state index in [9.17, 15) is 0 Å². The van der Waals surface area contributed by atoms with Crippen LogP contribution in [0.3, 0.4) is 0 Å². The van der Waals surface area contributed by atoms with E-state index in [1.807, 2.05) is 44.2 Å². The van der Waals surface area contributed by atoms with Gasteiger partial charge in [0.1, 0.15) is 11.4 Å². The van der Waals surface area contributed by atoms with Gasteiger partial charge in [-0.25, -0.2) is 4.99 Å². The van der Waals surface area contributed by atoms with Gasteiger partial charge in [-0.3, -0.25) is 0 Å². The molecule has 0 aliphatic carbocycles. The predicted molar refractivity (Wildman–Crippen MR) is 81.3 cm³/mol. The summed E-state index contributed by atoms with van der Waals surface area (Å²) in [6.45, 7) is 8.25. The summed E-state index contributed by atoms with van der Waals surface area (Å²) in [7, 11) is -1.13. The van der Waals surface area contributed by atoms with Crippen LogP contribution in [0, 0.1) is 6.92 Å². The van der Waals surface area contributed by atoms with Crippen LogP contribution in [0.25, 0.3) is 0 Å². The SMILES string of the molecule is CC(=Nc1ccccc1O[SiH](C)C)c1occc1C. The first-order valence-corrected chi connectivity index (χ1v) is 9.21. The van der Waals surface area contributed by atoms with E-state index in [2.05, 4.69) is 18.1 Å². The molecule has 2 aromatic rings. The van der Waals surface area contributed by atoms with Crippen LogP contribution in [0.2, 0.25) is 13.1 Å². The van der Waals surface area contributed by atoms with Crippen LogP contribution in [0.15, 0.2) is 46.0 Å². The Labute approximate surface area is 115 Å². The maximum absolute atomic E-state index is 5.89. The zero-order chi connectivity index (χ0) is 13.8. The molecule has 3 nitrogen and oxygen atoms in total. The standard InChI is InChI=1S/C15H19NO2Si/c1-11-9-10-17-15(11)12(2)16-13-7-5-6-8-14(13)18-19(3)4/h5-10,19H,1-4H3. The van der Waals surface area contributed by atoms with E-state index < -0.39 is 9.04 Å². The molecule has 1 aromatic heterocycles. The summed E-state index contributed by atoms with van der Waals surface area (Å²) in [5.41, 5.74) is 2.82. The number of para-hydroxylation sites is 2. The lowest BCUT2D eigenvalue weighted by molar-refractivity contribution is 0.555. The quantitative estimate of drug-likeness (QED) is 0.621. The third-order valence-electron chi connectivity index (χ3n) is 2.71. The van der Waals surface area contributed by atoms with Gasteiger partial charge in [-0.15, -0.1) is 0 Å². The highest BCUT2D eigenvalue weighted by molar-refractivity contribution is 6.49. The van der Waals surface area contributed by atoms with Crippen LogP contribution in [0.1, 0.15) is 18.2 Å². The second-order valence-electron chi connectivity index (χ2n) is 4.76. The fourth-order valence-corrected chi connectivity index (χ4v) is 2.59. The van der Waals surface area contributed by atoms with Crippen molar-refractivity contribution in [2.75, 3.05) is 0 Å². The van der Waals surface area contributed by atoms with Crippen molar-refractivity contribution in [3.63, 3.8) is 0 Å². The lowest BCUT2D eigenvalue weighted by atomic mass is 10.2. The monoisotopic (exact) mass is 273 g/mol. The highest BCUT2D eigenvalue weighted by Crippen LogP contribution is 2.28. The number of furan rings is 1. The molecule has 0 amide bonds. The molecular weight excluding hydrogens is 254 g/mol. The smallest absolute Gasteiger partial charge is 0.229 e. The van der Waals surface area contributed by atoms with E-state index in [1.165, 1.54) is 0 Å². The van der Waals surface area contributed by atoms with Crippen molar-refractivity contribution in [3.8, 4) is 5.75 Å². The molecule has 0 spiro atoms. The number of aryl methyl sites for hydroxylation is 1. The first-order valence-electron chi connectivity index (χ1n) is 6.43. The Morgan fingerprint density at radius 1 is 1.21 bits per heavy atom. The van der Waals surface area contributed by atoms with Crippen LogP contribution < -0.4 is 4.43 Å². The fraction of sp³-hybridized carbons (Fsp3) is 0.267. The van der Waals surface area contributed by atoms with Gasteiger partial charge in [0.05, 0.1) is 12.0 Å². The minimum absolute atomic E-state index is 0.830. The second-order valence-corrected chi connectivity index (χ2v) is 7.10. The lowest BCUT2D eigenvalue weighted by Gasteiger charge is -2.11. The molecule has 0 saturated heterocycles. The molecule has 4 heteroatoms. The van der Waals surface area contributed by atoms with Gasteiger partial charge in [-0.2, -0.15) is 0 Å². The highest BCUT2D eigenvalue weighted by Gasteiger charge is 2.09. The van der Waals surface area contributed by atoms with Gasteiger partial charge in [-0.1, -0.05) is 12.1 Å². The molecule has 0 atom stereocenters. The van der Waals surface area contributed by atoms with Crippen LogP contribution in [0.5, 0.6) is 5.75 Å². The summed E-state index contributed by atoms with van der Waals surface area (Å²) < 4.78 is 11.4. The summed E-state index contributed by atoms with van der Waals surface area (Å²) in [6.07, 6.45) is 1.69. The number of benzene rings is 1. The summed E-state index contributed by atoms with van der Waals surface area (Å²) >= 11 is 0. The Kier molecular flexibility index (Phi) is 4.22. The Balaban J connectivity index is 2.35. The molecule has 1 heterocycles. The largest absolute Gasteiger partial charge is 0.546 e. The van der Waals surface area contributed by atoms with E-state index in [1.54, 1.807) is 6.26 Å². The van der Waals surface area contributed by atoms with Crippen LogP contribution in [-0.2, 0) is 0 Å². The van der Waals surface area contributed by atoms with E-state index >= 15 is 0 Å². The molecule has 100 valence electrons. The van der Waals surface area contributed by atoms with Crippen molar-refractivity contribution in [2.24, 2.45) is 4.99 Å². The van der Waals surface area contributed by atoms with Crippen LogP contribution >= 0.6 is 0 Å². The number of rotatable bonds is 4. The second kappa shape index (κ2) is 5.89. The minimum atomic E-state index is -1.13. The molecule has 0 N–H and O–H groups in total. The first kappa shape index (κ1) is 13.6. The van der Waals surface area contributed by atoms with Gasteiger partial charge in [0.2, 0.25) is 9.04 Å². The third-order valence-corrected chi connectivity index (χ3v) is 3.43. The molecule has 0 saturated carbocycles. The Bertz CT molecular complexity index is 587. The maximum Gasteiger partial charge on any atom is 0.229 e. The highest BCUT2D eigenvalue weighted by atomic mass is 28.3. The van der Waals surface area contributed by atoms with Crippen molar-refractivity contribution in [1.82, 2.24) is 0 Å². The van der Waals surface area contributed by atoms with Crippen molar-refractivity contribution < 1.29 is 8.84 Å². The number of hydrogen-bond acceptors (Lipinski definition) is 3. The predicted octanol–water partition coefficient (Wildman–Crippen LogP) is 4.09. The van der Waals surface area contributed by atoms with Crippen molar-refractivity contribution >= 4 is 20.4 Å². The lowest BCUT2D eigenvalue weighted by Crippen LogP contribution is -2.11. The third kappa shape index (κ3) is 3.35. The van der Waals surface area contributed by atoms with Gasteiger partial charge in [0.25, 0.3) is 0 Å².